The molecule has 2 aromatic rings. The molecule has 0 atom stereocenters. The first-order valence-electron chi connectivity index (χ1n) is 5.48. The minimum Gasteiger partial charge on any atom is -0.508 e. The van der Waals surface area contributed by atoms with Crippen molar-refractivity contribution >= 4 is 0 Å². The molecule has 0 heterocycles. The van der Waals surface area contributed by atoms with E-state index in [1.54, 1.807) is 13.2 Å². The Balaban J connectivity index is 0.000000181. The Labute approximate surface area is 102 Å². The van der Waals surface area contributed by atoms with E-state index in [4.69, 9.17) is 9.84 Å². The molecular formula is C15H18O2. The van der Waals surface area contributed by atoms with E-state index in [-0.39, 0.29) is 5.75 Å². The van der Waals surface area contributed by atoms with E-state index in [1.165, 1.54) is 5.56 Å². The Kier molecular flexibility index (Phi) is 5.08. The second-order valence-electron chi connectivity index (χ2n) is 3.81. The molecule has 2 rings (SSSR count). The first kappa shape index (κ1) is 13.1. The van der Waals surface area contributed by atoms with Crippen LogP contribution in [-0.2, 0) is 0 Å². The van der Waals surface area contributed by atoms with Crippen LogP contribution in [0.4, 0.5) is 0 Å². The molecule has 2 nitrogen and oxygen atoms in total. The molecule has 0 bridgehead atoms. The molecule has 0 spiro atoms. The lowest BCUT2D eigenvalue weighted by Gasteiger charge is -2.01. The summed E-state index contributed by atoms with van der Waals surface area (Å²) in [5, 5.41) is 9.15. The molecule has 0 radical (unpaired) electrons. The Morgan fingerprint density at radius 1 is 0.941 bits per heavy atom. The first-order valence-corrected chi connectivity index (χ1v) is 5.48. The second kappa shape index (κ2) is 6.59. The summed E-state index contributed by atoms with van der Waals surface area (Å²) >= 11 is 0. The van der Waals surface area contributed by atoms with Crippen LogP contribution < -0.4 is 4.74 Å². The zero-order valence-electron chi connectivity index (χ0n) is 10.5. The number of hydrogen-bond donors (Lipinski definition) is 1. The lowest BCUT2D eigenvalue weighted by atomic mass is 10.2. The molecule has 0 aromatic heterocycles. The predicted molar refractivity (Wildman–Crippen MR) is 70.6 cm³/mol. The van der Waals surface area contributed by atoms with Gasteiger partial charge in [-0.2, -0.15) is 0 Å². The molecule has 0 saturated carbocycles. The molecule has 0 fully saturated rings. The maximum atomic E-state index is 9.15. The number of rotatable bonds is 1. The number of aromatic hydroxyl groups is 1. The van der Waals surface area contributed by atoms with Gasteiger partial charge in [0.1, 0.15) is 11.5 Å². The van der Waals surface area contributed by atoms with Crippen LogP contribution in [0.1, 0.15) is 11.1 Å². The van der Waals surface area contributed by atoms with Crippen molar-refractivity contribution in [2.24, 2.45) is 0 Å². The highest BCUT2D eigenvalue weighted by Gasteiger charge is 1.95. The molecule has 17 heavy (non-hydrogen) atoms. The molecule has 0 saturated heterocycles. The van der Waals surface area contributed by atoms with Gasteiger partial charge in [-0.15, -0.1) is 0 Å². The zero-order chi connectivity index (χ0) is 12.7. The maximum Gasteiger partial charge on any atom is 0.122 e. The largest absolute Gasteiger partial charge is 0.508 e. The third-order valence-corrected chi connectivity index (χ3v) is 2.36. The van der Waals surface area contributed by atoms with E-state index in [2.05, 4.69) is 19.1 Å². The third kappa shape index (κ3) is 4.60. The number of methoxy groups -OCH3 is 1. The van der Waals surface area contributed by atoms with Crippen LogP contribution in [0, 0.1) is 13.8 Å². The van der Waals surface area contributed by atoms with Gasteiger partial charge in [0.15, 0.2) is 0 Å². The topological polar surface area (TPSA) is 29.5 Å². The highest BCUT2D eigenvalue weighted by Crippen LogP contribution is 2.21. The van der Waals surface area contributed by atoms with Crippen LogP contribution in [-0.4, -0.2) is 12.2 Å². The summed E-state index contributed by atoms with van der Waals surface area (Å²) < 4.78 is 4.89. The van der Waals surface area contributed by atoms with Gasteiger partial charge < -0.3 is 9.84 Å². The minimum atomic E-state index is 0.277. The number of phenols is 1. The van der Waals surface area contributed by atoms with Crippen molar-refractivity contribution in [1.29, 1.82) is 0 Å². The monoisotopic (exact) mass is 230 g/mol. The van der Waals surface area contributed by atoms with Crippen LogP contribution in [0.5, 0.6) is 11.5 Å². The molecule has 2 heteroatoms. The summed E-state index contributed by atoms with van der Waals surface area (Å²) in [4.78, 5) is 0. The minimum absolute atomic E-state index is 0.277. The van der Waals surface area contributed by atoms with Crippen LogP contribution in [0.15, 0.2) is 48.5 Å². The number of aryl methyl sites for hydroxylation is 2. The summed E-state index contributed by atoms with van der Waals surface area (Å²) in [6.07, 6.45) is 0. The van der Waals surface area contributed by atoms with Crippen LogP contribution >= 0.6 is 0 Å². The van der Waals surface area contributed by atoms with Gasteiger partial charge in [0.25, 0.3) is 0 Å². The van der Waals surface area contributed by atoms with Crippen molar-refractivity contribution in [3.8, 4) is 11.5 Å². The number of hydrogen-bond acceptors (Lipinski definition) is 2. The summed E-state index contributed by atoms with van der Waals surface area (Å²) in [5.41, 5.74) is 2.18. The van der Waals surface area contributed by atoms with Gasteiger partial charge in [0.05, 0.1) is 7.11 Å². The normalized spacial score (nSPS) is 9.12. The Morgan fingerprint density at radius 3 is 2.00 bits per heavy atom. The smallest absolute Gasteiger partial charge is 0.122 e. The van der Waals surface area contributed by atoms with Crippen molar-refractivity contribution in [2.75, 3.05) is 7.11 Å². The Hall–Kier alpha value is -1.96. The molecule has 0 amide bonds. The highest BCUT2D eigenvalue weighted by molar-refractivity contribution is 5.38. The quantitative estimate of drug-likeness (QED) is 0.809. The van der Waals surface area contributed by atoms with Crippen LogP contribution in [0.2, 0.25) is 0 Å². The summed E-state index contributed by atoms with van der Waals surface area (Å²) in [6, 6.07) is 15.5. The molecule has 0 aliphatic heterocycles. The Morgan fingerprint density at radius 2 is 1.59 bits per heavy atom. The lowest BCUT2D eigenvalue weighted by molar-refractivity contribution is 0.407. The van der Waals surface area contributed by atoms with Crippen LogP contribution in [0.3, 0.4) is 0 Å². The molecule has 0 aliphatic rings. The van der Waals surface area contributed by atoms with E-state index >= 15 is 0 Å². The lowest BCUT2D eigenvalue weighted by Crippen LogP contribution is -1.82. The number of benzene rings is 2. The summed E-state index contributed by atoms with van der Waals surface area (Å²) in [6.45, 7) is 3.93. The van der Waals surface area contributed by atoms with E-state index in [1.807, 2.05) is 37.3 Å². The van der Waals surface area contributed by atoms with Crippen molar-refractivity contribution in [3.05, 3.63) is 59.7 Å². The number of ether oxygens (including phenoxy) is 1. The van der Waals surface area contributed by atoms with Gasteiger partial charge in [0.2, 0.25) is 0 Å². The van der Waals surface area contributed by atoms with E-state index < -0.39 is 0 Å². The van der Waals surface area contributed by atoms with Crippen LogP contribution in [0.25, 0.3) is 0 Å². The fraction of sp³-hybridized carbons (Fsp3) is 0.200. The SMILES string of the molecule is COc1ccc(C)c(O)c1.Cc1ccccc1. The van der Waals surface area contributed by atoms with Gasteiger partial charge >= 0.3 is 0 Å². The molecule has 0 unspecified atom stereocenters. The fourth-order valence-electron chi connectivity index (χ4n) is 1.25. The second-order valence-corrected chi connectivity index (χ2v) is 3.81. The summed E-state index contributed by atoms with van der Waals surface area (Å²) in [5.74, 6) is 0.961. The molecule has 2 aromatic carbocycles. The zero-order valence-corrected chi connectivity index (χ0v) is 10.5. The molecule has 0 aliphatic carbocycles. The van der Waals surface area contributed by atoms with Gasteiger partial charge in [-0.25, -0.2) is 0 Å². The van der Waals surface area contributed by atoms with Gasteiger partial charge in [0, 0.05) is 6.07 Å². The van der Waals surface area contributed by atoms with E-state index in [0.717, 1.165) is 5.56 Å². The van der Waals surface area contributed by atoms with Gasteiger partial charge in [-0.1, -0.05) is 42.0 Å². The fourth-order valence-corrected chi connectivity index (χ4v) is 1.25. The Bertz CT molecular complexity index is 450. The van der Waals surface area contributed by atoms with Gasteiger partial charge in [-0.05, 0) is 25.5 Å². The van der Waals surface area contributed by atoms with Crippen molar-refractivity contribution in [1.82, 2.24) is 0 Å². The standard InChI is InChI=1S/C8H10O2.C7H8/c1-6-3-4-7(10-2)5-8(6)9;1-7-5-3-2-4-6-7/h3-5,9H,1-2H3;2-6H,1H3. The maximum absolute atomic E-state index is 9.15. The molecule has 1 N–H and O–H groups in total. The molecular weight excluding hydrogens is 212 g/mol. The molecule has 90 valence electrons. The van der Waals surface area contributed by atoms with Crippen molar-refractivity contribution in [2.45, 2.75) is 13.8 Å². The van der Waals surface area contributed by atoms with Crippen molar-refractivity contribution in [3.63, 3.8) is 0 Å². The van der Waals surface area contributed by atoms with E-state index in [0.29, 0.717) is 5.75 Å². The summed E-state index contributed by atoms with van der Waals surface area (Å²) in [7, 11) is 1.57. The van der Waals surface area contributed by atoms with Crippen molar-refractivity contribution < 1.29 is 9.84 Å². The highest BCUT2D eigenvalue weighted by atomic mass is 16.5. The van der Waals surface area contributed by atoms with E-state index in [9.17, 15) is 0 Å². The average Bonchev–Trinajstić information content (AvgIpc) is 2.34. The number of phenolic OH excluding ortho intramolecular Hbond substituents is 1. The predicted octanol–water partition coefficient (Wildman–Crippen LogP) is 3.70. The first-order chi connectivity index (χ1) is 8.13. The van der Waals surface area contributed by atoms with Gasteiger partial charge in [-0.3, -0.25) is 0 Å². The third-order valence-electron chi connectivity index (χ3n) is 2.36. The average molecular weight is 230 g/mol.